The summed E-state index contributed by atoms with van der Waals surface area (Å²) in [5.41, 5.74) is -0.923. The number of carbonyl (C=O) groups is 1. The Balaban J connectivity index is 4.88. The third kappa shape index (κ3) is 6.62. The molecule has 0 fully saturated rings. The standard InChI is InChI=1S/C17H32O4/c1-9-17(10-2,21-14(6)16(7,8)19)11-13(5)20-15(18)12(3)4/h13-14,19H,3,9-11H2,1-2,4-8H3. The SMILES string of the molecule is C=C(C)C(=O)OC(C)CC(CC)(CC)OC(C)C(C)(C)O. The van der Waals surface area contributed by atoms with Crippen LogP contribution in [0.5, 0.6) is 0 Å². The van der Waals surface area contributed by atoms with Crippen molar-refractivity contribution in [3.8, 4) is 0 Å². The molecule has 0 heterocycles. The van der Waals surface area contributed by atoms with Gasteiger partial charge in [-0.1, -0.05) is 20.4 Å². The van der Waals surface area contributed by atoms with Gasteiger partial charge in [-0.2, -0.15) is 0 Å². The second-order valence-corrected chi connectivity index (χ2v) is 6.50. The van der Waals surface area contributed by atoms with E-state index in [2.05, 4.69) is 6.58 Å². The summed E-state index contributed by atoms with van der Waals surface area (Å²) >= 11 is 0. The average Bonchev–Trinajstić information content (AvgIpc) is 2.36. The first-order valence-corrected chi connectivity index (χ1v) is 7.74. The molecule has 0 saturated carbocycles. The summed E-state index contributed by atoms with van der Waals surface area (Å²) in [6, 6.07) is 0. The molecule has 0 aliphatic heterocycles. The van der Waals surface area contributed by atoms with E-state index in [0.717, 1.165) is 12.8 Å². The van der Waals surface area contributed by atoms with Crippen LogP contribution in [0.1, 0.15) is 67.7 Å². The highest BCUT2D eigenvalue weighted by Gasteiger charge is 2.36. The fraction of sp³-hybridized carbons (Fsp3) is 0.824. The maximum absolute atomic E-state index is 11.6. The van der Waals surface area contributed by atoms with Crippen molar-refractivity contribution in [3.05, 3.63) is 12.2 Å². The van der Waals surface area contributed by atoms with Crippen LogP contribution >= 0.6 is 0 Å². The monoisotopic (exact) mass is 300 g/mol. The lowest BCUT2D eigenvalue weighted by Crippen LogP contribution is -2.45. The van der Waals surface area contributed by atoms with Gasteiger partial charge in [-0.3, -0.25) is 0 Å². The minimum atomic E-state index is -0.910. The smallest absolute Gasteiger partial charge is 0.333 e. The fourth-order valence-corrected chi connectivity index (χ4v) is 2.12. The van der Waals surface area contributed by atoms with Crippen LogP contribution in [0.25, 0.3) is 0 Å². The van der Waals surface area contributed by atoms with Crippen molar-refractivity contribution in [3.63, 3.8) is 0 Å². The molecule has 0 spiro atoms. The summed E-state index contributed by atoms with van der Waals surface area (Å²) in [4.78, 5) is 11.6. The lowest BCUT2D eigenvalue weighted by molar-refractivity contribution is -0.175. The fourth-order valence-electron chi connectivity index (χ4n) is 2.12. The van der Waals surface area contributed by atoms with E-state index >= 15 is 0 Å². The Labute approximate surface area is 129 Å². The van der Waals surface area contributed by atoms with Crippen molar-refractivity contribution in [1.82, 2.24) is 0 Å². The van der Waals surface area contributed by atoms with Crippen molar-refractivity contribution in [1.29, 1.82) is 0 Å². The molecule has 0 aromatic rings. The molecule has 0 rings (SSSR count). The molecule has 0 amide bonds. The molecule has 2 unspecified atom stereocenters. The first kappa shape index (κ1) is 20.1. The van der Waals surface area contributed by atoms with Gasteiger partial charge in [0.05, 0.1) is 17.3 Å². The molecule has 0 aromatic heterocycles. The molecule has 4 nitrogen and oxygen atoms in total. The van der Waals surface area contributed by atoms with Crippen LogP contribution in [0.4, 0.5) is 0 Å². The van der Waals surface area contributed by atoms with Crippen LogP contribution in [-0.2, 0) is 14.3 Å². The molecule has 0 aliphatic rings. The van der Waals surface area contributed by atoms with E-state index in [1.54, 1.807) is 20.8 Å². The molecule has 124 valence electrons. The number of rotatable bonds is 9. The third-order valence-corrected chi connectivity index (χ3v) is 4.03. The van der Waals surface area contributed by atoms with Crippen LogP contribution in [0.3, 0.4) is 0 Å². The summed E-state index contributed by atoms with van der Waals surface area (Å²) in [7, 11) is 0. The van der Waals surface area contributed by atoms with Gasteiger partial charge in [-0.15, -0.1) is 0 Å². The Bertz CT molecular complexity index is 350. The summed E-state index contributed by atoms with van der Waals surface area (Å²) in [5, 5.41) is 10.1. The molecular weight excluding hydrogens is 268 g/mol. The van der Waals surface area contributed by atoms with Crippen molar-refractivity contribution < 1.29 is 19.4 Å². The molecule has 0 radical (unpaired) electrons. The molecule has 0 aliphatic carbocycles. The lowest BCUT2D eigenvalue weighted by Gasteiger charge is -2.40. The Morgan fingerprint density at radius 2 is 1.71 bits per heavy atom. The predicted octanol–water partition coefficient (Wildman–Crippen LogP) is 3.62. The van der Waals surface area contributed by atoms with E-state index in [9.17, 15) is 9.90 Å². The summed E-state index contributed by atoms with van der Waals surface area (Å²) in [6.07, 6.45) is 1.61. The maximum atomic E-state index is 11.6. The van der Waals surface area contributed by atoms with Gasteiger partial charge in [-0.05, 0) is 47.5 Å². The normalized spacial score (nSPS) is 15.4. The van der Waals surface area contributed by atoms with Gasteiger partial charge in [0.2, 0.25) is 0 Å². The van der Waals surface area contributed by atoms with Gasteiger partial charge in [0, 0.05) is 12.0 Å². The first-order chi connectivity index (χ1) is 9.47. The molecule has 1 N–H and O–H groups in total. The van der Waals surface area contributed by atoms with Crippen molar-refractivity contribution >= 4 is 5.97 Å². The third-order valence-electron chi connectivity index (χ3n) is 4.03. The van der Waals surface area contributed by atoms with E-state index < -0.39 is 11.2 Å². The second-order valence-electron chi connectivity index (χ2n) is 6.50. The second kappa shape index (κ2) is 7.95. The maximum Gasteiger partial charge on any atom is 0.333 e. The van der Waals surface area contributed by atoms with Crippen molar-refractivity contribution in [2.45, 2.75) is 91.1 Å². The van der Waals surface area contributed by atoms with Gasteiger partial charge >= 0.3 is 5.97 Å². The first-order valence-electron chi connectivity index (χ1n) is 7.74. The Kier molecular flexibility index (Phi) is 7.62. The summed E-state index contributed by atoms with van der Waals surface area (Å²) in [5.74, 6) is -0.376. The van der Waals surface area contributed by atoms with Gasteiger partial charge in [-0.25, -0.2) is 4.79 Å². The molecule has 4 heteroatoms. The number of ether oxygens (including phenoxy) is 2. The predicted molar refractivity (Wildman–Crippen MR) is 85.1 cm³/mol. The minimum Gasteiger partial charge on any atom is -0.459 e. The highest BCUT2D eigenvalue weighted by atomic mass is 16.6. The number of carbonyl (C=O) groups excluding carboxylic acids is 1. The van der Waals surface area contributed by atoms with E-state index in [1.165, 1.54) is 0 Å². The summed E-state index contributed by atoms with van der Waals surface area (Å²) in [6.45, 7) is 16.5. The lowest BCUT2D eigenvalue weighted by atomic mass is 9.89. The van der Waals surface area contributed by atoms with E-state index in [1.807, 2.05) is 27.7 Å². The number of aliphatic hydroxyl groups is 1. The molecule has 21 heavy (non-hydrogen) atoms. The average molecular weight is 300 g/mol. The van der Waals surface area contributed by atoms with Crippen LogP contribution in [0, 0.1) is 0 Å². The van der Waals surface area contributed by atoms with Crippen molar-refractivity contribution in [2.24, 2.45) is 0 Å². The number of hydrogen-bond donors (Lipinski definition) is 1. The topological polar surface area (TPSA) is 55.8 Å². The van der Waals surface area contributed by atoms with Gasteiger partial charge < -0.3 is 14.6 Å². The van der Waals surface area contributed by atoms with Gasteiger partial charge in [0.1, 0.15) is 6.10 Å². The van der Waals surface area contributed by atoms with Crippen molar-refractivity contribution in [2.75, 3.05) is 0 Å². The molecular formula is C17H32O4. The molecule has 2 atom stereocenters. The quantitative estimate of drug-likeness (QED) is 0.522. The molecule has 0 saturated heterocycles. The zero-order chi connectivity index (χ0) is 16.8. The van der Waals surface area contributed by atoms with Crippen LogP contribution in [0.15, 0.2) is 12.2 Å². The highest BCUT2D eigenvalue weighted by molar-refractivity contribution is 5.87. The van der Waals surface area contributed by atoms with E-state index in [4.69, 9.17) is 9.47 Å². The zero-order valence-electron chi connectivity index (χ0n) is 14.7. The van der Waals surface area contributed by atoms with Gasteiger partial charge in [0.15, 0.2) is 0 Å². The van der Waals surface area contributed by atoms with E-state index in [-0.39, 0.29) is 18.2 Å². The summed E-state index contributed by atoms with van der Waals surface area (Å²) < 4.78 is 11.5. The Hall–Kier alpha value is -0.870. The Morgan fingerprint density at radius 1 is 1.24 bits per heavy atom. The molecule has 0 aromatic carbocycles. The Morgan fingerprint density at radius 3 is 2.05 bits per heavy atom. The van der Waals surface area contributed by atoms with Crippen LogP contribution < -0.4 is 0 Å². The van der Waals surface area contributed by atoms with Gasteiger partial charge in [0.25, 0.3) is 0 Å². The van der Waals surface area contributed by atoms with Crippen LogP contribution in [-0.4, -0.2) is 34.5 Å². The van der Waals surface area contributed by atoms with E-state index in [0.29, 0.717) is 12.0 Å². The number of esters is 1. The highest BCUT2D eigenvalue weighted by Crippen LogP contribution is 2.31. The minimum absolute atomic E-state index is 0.261. The number of hydrogen-bond acceptors (Lipinski definition) is 4. The zero-order valence-corrected chi connectivity index (χ0v) is 14.7. The largest absolute Gasteiger partial charge is 0.459 e. The molecule has 0 bridgehead atoms. The van der Waals surface area contributed by atoms with Crippen LogP contribution in [0.2, 0.25) is 0 Å².